The quantitative estimate of drug-likeness (QED) is 0.454. The smallest absolute Gasteiger partial charge is 0.160 e. The van der Waals surface area contributed by atoms with Gasteiger partial charge in [0.1, 0.15) is 0 Å². The maximum Gasteiger partial charge on any atom is 0.160 e. The van der Waals surface area contributed by atoms with E-state index >= 15 is 0 Å². The van der Waals surface area contributed by atoms with Gasteiger partial charge in [-0.3, -0.25) is 9.80 Å². The third-order valence-electron chi connectivity index (χ3n) is 17.7. The van der Waals surface area contributed by atoms with Gasteiger partial charge in [-0.15, -0.1) is 0 Å². The highest BCUT2D eigenvalue weighted by atomic mass is 16.6. The summed E-state index contributed by atoms with van der Waals surface area (Å²) in [6.07, 6.45) is 8.87. The van der Waals surface area contributed by atoms with Gasteiger partial charge in [0.05, 0.1) is 35.2 Å². The summed E-state index contributed by atoms with van der Waals surface area (Å²) < 4.78 is 22.1. The molecule has 14 rings (SSSR count). The van der Waals surface area contributed by atoms with Crippen LogP contribution in [-0.4, -0.2) is 97.0 Å². The number of fused-ring (bicyclic) bond motifs is 8. The van der Waals surface area contributed by atoms with E-state index in [4.69, 9.17) is 14.2 Å². The van der Waals surface area contributed by atoms with Crippen molar-refractivity contribution in [3.63, 3.8) is 0 Å². The first-order valence-corrected chi connectivity index (χ1v) is 19.3. The first-order valence-electron chi connectivity index (χ1n) is 19.3. The van der Waals surface area contributed by atoms with Crippen LogP contribution >= 0.6 is 0 Å². The zero-order chi connectivity index (χ0) is 30.5. The van der Waals surface area contributed by atoms with Crippen LogP contribution in [0.4, 0.5) is 11.4 Å². The molecule has 6 unspecified atom stereocenters. The number of benzene rings is 2. The largest absolute Gasteiger partial charge is 0.368 e. The highest BCUT2D eigenvalue weighted by Crippen LogP contribution is 2.81. The molecule has 244 valence electrons. The van der Waals surface area contributed by atoms with Crippen LogP contribution in [0, 0.1) is 22.7 Å². The van der Waals surface area contributed by atoms with E-state index in [1.165, 1.54) is 63.0 Å². The van der Waals surface area contributed by atoms with Crippen LogP contribution < -0.4 is 9.80 Å². The van der Waals surface area contributed by atoms with Gasteiger partial charge in [0.25, 0.3) is 0 Å². The zero-order valence-electron chi connectivity index (χ0n) is 27.7. The topological polar surface area (TPSA) is 47.2 Å². The van der Waals surface area contributed by atoms with Gasteiger partial charge in [0, 0.05) is 72.3 Å². The second kappa shape index (κ2) is 7.32. The van der Waals surface area contributed by atoms with Crippen molar-refractivity contribution in [1.82, 2.24) is 9.80 Å². The average Bonchev–Trinajstić information content (AvgIpc) is 3.95. The van der Waals surface area contributed by atoms with Crippen molar-refractivity contribution in [2.24, 2.45) is 22.7 Å². The number of hydrogen-bond donors (Lipinski definition) is 0. The van der Waals surface area contributed by atoms with Crippen molar-refractivity contribution in [1.29, 1.82) is 0 Å². The Morgan fingerprint density at radius 2 is 1.11 bits per heavy atom. The van der Waals surface area contributed by atoms with Crippen molar-refractivity contribution in [2.75, 3.05) is 49.1 Å². The molecule has 10 heterocycles. The normalized spacial score (nSPS) is 56.9. The lowest BCUT2D eigenvalue weighted by Crippen LogP contribution is -2.90. The summed E-state index contributed by atoms with van der Waals surface area (Å²) in [7, 11) is 0. The summed E-state index contributed by atoms with van der Waals surface area (Å²) in [5.74, 6) is 0.836. The van der Waals surface area contributed by atoms with Gasteiger partial charge in [-0.1, -0.05) is 50.2 Å². The van der Waals surface area contributed by atoms with Crippen molar-refractivity contribution in [3.8, 4) is 0 Å². The maximum atomic E-state index is 8.78. The highest BCUT2D eigenvalue weighted by Gasteiger charge is 2.91. The standard InChI is InChI=1S/C40H46N4O3/c1-3-35-17-23-19-43-28-12-8-6-10-26(28)38-14-16-42-22-30-32(46-30)36(4-2,34(38)42)18-24-20-44-27-11-7-5-9-25(27)37(39(23,44)47-40(24,38)43)13-15-41(33(35)37)21-29-31(35)45-29/h5-12,23-24,29-34H,3-4,13-22H2,1-2H3/t23?,24?,29-,30-,31-,32-,33+,34+,35-,36-,37?,38?,39?,40?/m1/s1. The molecule has 7 nitrogen and oxygen atoms in total. The van der Waals surface area contributed by atoms with Crippen LogP contribution in [0.2, 0.25) is 0 Å². The lowest BCUT2D eigenvalue weighted by atomic mass is 9.44. The molecule has 0 radical (unpaired) electrons. The van der Waals surface area contributed by atoms with Crippen molar-refractivity contribution in [2.45, 2.75) is 111 Å². The summed E-state index contributed by atoms with van der Waals surface area (Å²) in [6.45, 7) is 11.7. The molecule has 14 atom stereocenters. The predicted octanol–water partition coefficient (Wildman–Crippen LogP) is 4.48. The molecule has 10 fully saturated rings. The molecular weight excluding hydrogens is 584 g/mol. The van der Waals surface area contributed by atoms with E-state index < -0.39 is 0 Å². The Morgan fingerprint density at radius 1 is 0.638 bits per heavy atom. The van der Waals surface area contributed by atoms with E-state index in [0.29, 0.717) is 48.3 Å². The predicted molar refractivity (Wildman–Crippen MR) is 176 cm³/mol. The van der Waals surface area contributed by atoms with Gasteiger partial charge >= 0.3 is 0 Å². The number of piperidine rings is 2. The number of anilines is 2. The molecule has 47 heavy (non-hydrogen) atoms. The Kier molecular flexibility index (Phi) is 4.01. The Labute approximate surface area is 277 Å². The molecule has 2 bridgehead atoms. The van der Waals surface area contributed by atoms with Crippen molar-refractivity contribution in [3.05, 3.63) is 59.7 Å². The molecule has 0 amide bonds. The zero-order valence-corrected chi connectivity index (χ0v) is 27.7. The Hall–Kier alpha value is -2.16. The highest BCUT2D eigenvalue weighted by molar-refractivity contribution is 5.75. The van der Waals surface area contributed by atoms with E-state index in [2.05, 4.69) is 82.0 Å². The maximum absolute atomic E-state index is 8.78. The monoisotopic (exact) mass is 630 g/mol. The summed E-state index contributed by atoms with van der Waals surface area (Å²) in [5.41, 5.74) is 5.78. The van der Waals surface area contributed by atoms with E-state index in [1.807, 2.05) is 0 Å². The number of nitrogens with zero attached hydrogens (tertiary/aromatic N) is 4. The lowest BCUT2D eigenvalue weighted by Gasteiger charge is -2.77. The third-order valence-corrected chi connectivity index (χ3v) is 17.7. The van der Waals surface area contributed by atoms with Crippen molar-refractivity contribution < 1.29 is 14.2 Å². The second-order valence-corrected chi connectivity index (χ2v) is 18.2. The summed E-state index contributed by atoms with van der Waals surface area (Å²) in [6, 6.07) is 20.3. The van der Waals surface area contributed by atoms with Gasteiger partial charge in [-0.05, 0) is 74.9 Å². The van der Waals surface area contributed by atoms with Gasteiger partial charge in [-0.2, -0.15) is 0 Å². The minimum atomic E-state index is -0.328. The van der Waals surface area contributed by atoms with E-state index in [-0.39, 0.29) is 33.1 Å². The fraction of sp³-hybridized carbons (Fsp3) is 0.700. The van der Waals surface area contributed by atoms with E-state index in [9.17, 15) is 0 Å². The van der Waals surface area contributed by atoms with Crippen LogP contribution in [-0.2, 0) is 25.0 Å². The molecule has 12 aliphatic rings. The molecule has 4 spiro atoms. The third kappa shape index (κ3) is 2.18. The number of epoxide rings is 2. The van der Waals surface area contributed by atoms with Crippen LogP contribution in [0.5, 0.6) is 0 Å². The number of hydrogen-bond acceptors (Lipinski definition) is 7. The molecule has 2 aromatic rings. The number of para-hydroxylation sites is 2. The van der Waals surface area contributed by atoms with E-state index in [0.717, 1.165) is 26.2 Å². The van der Waals surface area contributed by atoms with Crippen LogP contribution in [0.15, 0.2) is 48.5 Å². The van der Waals surface area contributed by atoms with Gasteiger partial charge in [-0.25, -0.2) is 0 Å². The van der Waals surface area contributed by atoms with Crippen LogP contribution in [0.3, 0.4) is 0 Å². The SMILES string of the molecule is CC[C@@]12CC3CN4c5ccccc5C56CCN7C[C@H]8O[C@H]8[C@@](CC)(CC8CN9c%10ccccc%10C%10(CCN(C[C@H]%11O[C@H]%111)[C@H]%102)C39OC845)[C@H]76. The number of rotatable bonds is 2. The molecule has 8 saturated heterocycles. The van der Waals surface area contributed by atoms with Gasteiger partial charge in [0.2, 0.25) is 0 Å². The molecule has 2 saturated carbocycles. The average molecular weight is 631 g/mol. The summed E-state index contributed by atoms with van der Waals surface area (Å²) in [5, 5.41) is 0. The lowest BCUT2D eigenvalue weighted by molar-refractivity contribution is -0.337. The molecule has 0 aromatic heterocycles. The van der Waals surface area contributed by atoms with Gasteiger partial charge < -0.3 is 24.0 Å². The molecule has 2 aromatic carbocycles. The fourth-order valence-electron chi connectivity index (χ4n) is 16.8. The Bertz CT molecular complexity index is 1710. The first kappa shape index (κ1) is 25.8. The second-order valence-electron chi connectivity index (χ2n) is 18.2. The van der Waals surface area contributed by atoms with Crippen molar-refractivity contribution >= 4 is 11.4 Å². The fourth-order valence-corrected chi connectivity index (χ4v) is 16.8. The molecular formula is C40H46N4O3. The van der Waals surface area contributed by atoms with Gasteiger partial charge in [0.15, 0.2) is 11.4 Å². The Morgan fingerprint density at radius 3 is 1.57 bits per heavy atom. The minimum absolute atomic E-state index is 0.0456. The molecule has 0 N–H and O–H groups in total. The molecule has 2 aliphatic carbocycles. The van der Waals surface area contributed by atoms with Crippen LogP contribution in [0.25, 0.3) is 0 Å². The summed E-state index contributed by atoms with van der Waals surface area (Å²) in [4.78, 5) is 11.7. The Balaban J connectivity index is 1.08. The minimum Gasteiger partial charge on any atom is -0.368 e. The summed E-state index contributed by atoms with van der Waals surface area (Å²) >= 11 is 0. The van der Waals surface area contributed by atoms with E-state index in [1.54, 1.807) is 11.1 Å². The van der Waals surface area contributed by atoms with Crippen LogP contribution in [0.1, 0.15) is 63.5 Å². The molecule has 7 heteroatoms. The molecule has 10 aliphatic heterocycles. The number of ether oxygens (including phenoxy) is 3. The first-order chi connectivity index (χ1) is 23.0.